The lowest BCUT2D eigenvalue weighted by Crippen LogP contribution is -2.49. The number of amides is 2. The van der Waals surface area contributed by atoms with E-state index in [1.54, 1.807) is 0 Å². The number of hydrogen-bond acceptors (Lipinski definition) is 4. The fraction of sp³-hybridized carbons (Fsp3) is 0.429. The highest BCUT2D eigenvalue weighted by Gasteiger charge is 2.21. The summed E-state index contributed by atoms with van der Waals surface area (Å²) in [7, 11) is 0. The van der Waals surface area contributed by atoms with Crippen molar-refractivity contribution >= 4 is 17.4 Å². The Morgan fingerprint density at radius 3 is 2.22 bits per heavy atom. The third-order valence-electron chi connectivity index (χ3n) is 5.06. The fourth-order valence-corrected chi connectivity index (χ4v) is 3.40. The maximum atomic E-state index is 12.5. The Balaban J connectivity index is 1.48. The molecule has 0 saturated carbocycles. The molecule has 0 radical (unpaired) electrons. The van der Waals surface area contributed by atoms with Gasteiger partial charge in [0, 0.05) is 69.6 Å². The van der Waals surface area contributed by atoms with E-state index >= 15 is 0 Å². The number of hydrogen-bond donors (Lipinski definition) is 1. The van der Waals surface area contributed by atoms with Gasteiger partial charge in [-0.15, -0.1) is 0 Å². The van der Waals surface area contributed by atoms with Crippen molar-refractivity contribution < 1.29 is 4.79 Å². The molecule has 1 aliphatic heterocycles. The summed E-state index contributed by atoms with van der Waals surface area (Å²) in [6, 6.07) is 12.2. The van der Waals surface area contributed by atoms with Gasteiger partial charge in [-0.05, 0) is 55.8 Å². The molecular formula is C21H29N5O. The summed E-state index contributed by atoms with van der Waals surface area (Å²) in [5, 5.41) is 3.02. The molecule has 1 aromatic heterocycles. The van der Waals surface area contributed by atoms with Gasteiger partial charge >= 0.3 is 6.03 Å². The van der Waals surface area contributed by atoms with E-state index in [1.165, 1.54) is 11.3 Å². The average molecular weight is 367 g/mol. The molecule has 0 unspecified atom stereocenters. The van der Waals surface area contributed by atoms with Gasteiger partial charge in [-0.25, -0.2) is 4.79 Å². The van der Waals surface area contributed by atoms with Crippen molar-refractivity contribution in [2.75, 3.05) is 49.5 Å². The average Bonchev–Trinajstić information content (AvgIpc) is 2.71. The summed E-state index contributed by atoms with van der Waals surface area (Å²) < 4.78 is 0. The van der Waals surface area contributed by atoms with E-state index in [9.17, 15) is 4.79 Å². The van der Waals surface area contributed by atoms with Crippen LogP contribution in [-0.4, -0.2) is 60.1 Å². The van der Waals surface area contributed by atoms with Gasteiger partial charge in [-0.2, -0.15) is 0 Å². The third-order valence-corrected chi connectivity index (χ3v) is 5.06. The predicted octanol–water partition coefficient (Wildman–Crippen LogP) is 3.28. The summed E-state index contributed by atoms with van der Waals surface area (Å²) in [4.78, 5) is 23.1. The Morgan fingerprint density at radius 2 is 1.63 bits per heavy atom. The number of pyridine rings is 1. The van der Waals surface area contributed by atoms with Crippen LogP contribution in [0, 0.1) is 0 Å². The van der Waals surface area contributed by atoms with Crippen LogP contribution in [0.5, 0.6) is 0 Å². The first kappa shape index (κ1) is 19.2. The molecule has 0 atom stereocenters. The largest absolute Gasteiger partial charge is 0.372 e. The van der Waals surface area contributed by atoms with Crippen molar-refractivity contribution in [3.8, 4) is 0 Å². The van der Waals surface area contributed by atoms with Crippen LogP contribution in [0.1, 0.15) is 19.4 Å². The first-order valence-corrected chi connectivity index (χ1v) is 9.71. The van der Waals surface area contributed by atoms with E-state index in [-0.39, 0.29) is 6.03 Å². The van der Waals surface area contributed by atoms with Crippen LogP contribution in [-0.2, 0) is 6.54 Å². The van der Waals surface area contributed by atoms with Gasteiger partial charge in [0.25, 0.3) is 0 Å². The quantitative estimate of drug-likeness (QED) is 0.851. The molecule has 0 bridgehead atoms. The zero-order valence-electron chi connectivity index (χ0n) is 16.3. The Morgan fingerprint density at radius 1 is 1.00 bits per heavy atom. The normalized spacial score (nSPS) is 14.8. The summed E-state index contributed by atoms with van der Waals surface area (Å²) in [6.07, 6.45) is 3.65. The standard InChI is InChI=1S/C21H29N5O/c1-3-25(4-2)20-7-5-19(6-8-20)23-21(27)26-15-13-24(14-16-26)17-18-9-11-22-12-10-18/h5-12H,3-4,13-17H2,1-2H3,(H,23,27). The van der Waals surface area contributed by atoms with Crippen molar-refractivity contribution in [2.45, 2.75) is 20.4 Å². The van der Waals surface area contributed by atoms with Crippen molar-refractivity contribution in [1.82, 2.24) is 14.8 Å². The second-order valence-electron chi connectivity index (χ2n) is 6.77. The van der Waals surface area contributed by atoms with Crippen LogP contribution in [0.2, 0.25) is 0 Å². The molecule has 2 heterocycles. The molecule has 1 fully saturated rings. The second kappa shape index (κ2) is 9.37. The predicted molar refractivity (Wildman–Crippen MR) is 110 cm³/mol. The summed E-state index contributed by atoms with van der Waals surface area (Å²) in [5.74, 6) is 0. The van der Waals surface area contributed by atoms with E-state index in [4.69, 9.17) is 0 Å². The molecule has 2 aromatic rings. The van der Waals surface area contributed by atoms with Gasteiger partial charge in [-0.3, -0.25) is 9.88 Å². The zero-order valence-corrected chi connectivity index (χ0v) is 16.3. The minimum Gasteiger partial charge on any atom is -0.372 e. The molecule has 1 N–H and O–H groups in total. The zero-order chi connectivity index (χ0) is 19.1. The second-order valence-corrected chi connectivity index (χ2v) is 6.77. The number of benzene rings is 1. The van der Waals surface area contributed by atoms with Crippen LogP contribution in [0.4, 0.5) is 16.2 Å². The van der Waals surface area contributed by atoms with Gasteiger partial charge in [0.1, 0.15) is 0 Å². The smallest absolute Gasteiger partial charge is 0.321 e. The number of nitrogens with one attached hydrogen (secondary N) is 1. The molecule has 1 aliphatic rings. The first-order chi connectivity index (χ1) is 13.2. The summed E-state index contributed by atoms with van der Waals surface area (Å²) in [6.45, 7) is 10.4. The number of carbonyl (C=O) groups is 1. The Bertz CT molecular complexity index is 707. The molecule has 1 aromatic carbocycles. The van der Waals surface area contributed by atoms with E-state index in [2.05, 4.69) is 46.1 Å². The van der Waals surface area contributed by atoms with Crippen LogP contribution in [0.25, 0.3) is 0 Å². The lowest BCUT2D eigenvalue weighted by molar-refractivity contribution is 0.143. The van der Waals surface area contributed by atoms with Crippen LogP contribution >= 0.6 is 0 Å². The Kier molecular flexibility index (Phi) is 6.65. The Labute approximate surface area is 161 Å². The van der Waals surface area contributed by atoms with E-state index in [1.807, 2.05) is 41.6 Å². The highest BCUT2D eigenvalue weighted by atomic mass is 16.2. The maximum absolute atomic E-state index is 12.5. The maximum Gasteiger partial charge on any atom is 0.321 e. The van der Waals surface area contributed by atoms with Crippen LogP contribution in [0.15, 0.2) is 48.8 Å². The summed E-state index contributed by atoms with van der Waals surface area (Å²) >= 11 is 0. The lowest BCUT2D eigenvalue weighted by Gasteiger charge is -2.34. The topological polar surface area (TPSA) is 51.7 Å². The number of anilines is 2. The van der Waals surface area contributed by atoms with Crippen molar-refractivity contribution in [2.24, 2.45) is 0 Å². The number of urea groups is 1. The van der Waals surface area contributed by atoms with Gasteiger partial charge in [0.05, 0.1) is 0 Å². The SMILES string of the molecule is CCN(CC)c1ccc(NC(=O)N2CCN(Cc3ccncc3)CC2)cc1. The van der Waals surface area contributed by atoms with Gasteiger partial charge in [0.15, 0.2) is 0 Å². The van der Waals surface area contributed by atoms with E-state index in [0.29, 0.717) is 0 Å². The van der Waals surface area contributed by atoms with E-state index in [0.717, 1.165) is 51.5 Å². The first-order valence-electron chi connectivity index (χ1n) is 9.71. The van der Waals surface area contributed by atoms with Crippen molar-refractivity contribution in [3.63, 3.8) is 0 Å². The molecule has 27 heavy (non-hydrogen) atoms. The molecule has 144 valence electrons. The van der Waals surface area contributed by atoms with Crippen molar-refractivity contribution in [1.29, 1.82) is 0 Å². The van der Waals surface area contributed by atoms with Gasteiger partial charge < -0.3 is 15.1 Å². The van der Waals surface area contributed by atoms with E-state index < -0.39 is 0 Å². The molecule has 0 aliphatic carbocycles. The minimum atomic E-state index is -0.0193. The molecular weight excluding hydrogens is 338 g/mol. The Hall–Kier alpha value is -2.60. The molecule has 6 nitrogen and oxygen atoms in total. The monoisotopic (exact) mass is 367 g/mol. The molecule has 1 saturated heterocycles. The number of nitrogens with zero attached hydrogens (tertiary/aromatic N) is 4. The van der Waals surface area contributed by atoms with Crippen LogP contribution < -0.4 is 10.2 Å². The molecule has 2 amide bonds. The fourth-order valence-electron chi connectivity index (χ4n) is 3.40. The molecule has 0 spiro atoms. The highest BCUT2D eigenvalue weighted by Crippen LogP contribution is 2.18. The molecule has 6 heteroatoms. The summed E-state index contributed by atoms with van der Waals surface area (Å²) in [5.41, 5.74) is 3.29. The van der Waals surface area contributed by atoms with Crippen molar-refractivity contribution in [3.05, 3.63) is 54.4 Å². The van der Waals surface area contributed by atoms with Gasteiger partial charge in [0.2, 0.25) is 0 Å². The number of rotatable bonds is 6. The highest BCUT2D eigenvalue weighted by molar-refractivity contribution is 5.89. The number of carbonyl (C=O) groups excluding carboxylic acids is 1. The number of aromatic nitrogens is 1. The number of piperazine rings is 1. The molecule has 3 rings (SSSR count). The lowest BCUT2D eigenvalue weighted by atomic mass is 10.2. The van der Waals surface area contributed by atoms with Crippen LogP contribution in [0.3, 0.4) is 0 Å². The van der Waals surface area contributed by atoms with Gasteiger partial charge in [-0.1, -0.05) is 0 Å². The minimum absolute atomic E-state index is 0.0193. The third kappa shape index (κ3) is 5.20.